The number of halogens is 3. The Morgan fingerprint density at radius 3 is 2.57 bits per heavy atom. The maximum absolute atomic E-state index is 11.9. The van der Waals surface area contributed by atoms with Gasteiger partial charge in [0.1, 0.15) is 0 Å². The second-order valence-electron chi connectivity index (χ2n) is 4.58. The molecule has 9 heteroatoms. The van der Waals surface area contributed by atoms with Gasteiger partial charge in [-0.05, 0) is 11.6 Å². The molecule has 0 fully saturated rings. The molecule has 0 radical (unpaired) electrons. The van der Waals surface area contributed by atoms with E-state index in [0.29, 0.717) is 5.56 Å². The van der Waals surface area contributed by atoms with Gasteiger partial charge in [-0.1, -0.05) is 29.4 Å². The Bertz CT molecular complexity index is 739. The summed E-state index contributed by atoms with van der Waals surface area (Å²) in [4.78, 5) is 15.7. The van der Waals surface area contributed by atoms with Crippen LogP contribution >= 0.6 is 0 Å². The molecule has 0 aliphatic rings. The third-order valence-corrected chi connectivity index (χ3v) is 2.76. The van der Waals surface area contributed by atoms with E-state index in [1.54, 1.807) is 30.3 Å². The number of oxime groups is 1. The highest BCUT2D eigenvalue weighted by Gasteiger charge is 2.28. The van der Waals surface area contributed by atoms with Crippen molar-refractivity contribution in [2.75, 3.05) is 6.61 Å². The first-order chi connectivity index (χ1) is 10.8. The summed E-state index contributed by atoms with van der Waals surface area (Å²) in [5, 5.41) is 7.14. The first-order valence-electron chi connectivity index (χ1n) is 6.49. The molecule has 0 aliphatic heterocycles. The summed E-state index contributed by atoms with van der Waals surface area (Å²) in [6.45, 7) is -1.24. The monoisotopic (exact) mass is 326 g/mol. The van der Waals surface area contributed by atoms with Crippen molar-refractivity contribution >= 4 is 5.84 Å². The Morgan fingerprint density at radius 1 is 1.26 bits per heavy atom. The number of hydrogen-bond donors (Lipinski definition) is 1. The topological polar surface area (TPSA) is 82.5 Å². The zero-order valence-corrected chi connectivity index (χ0v) is 11.8. The van der Waals surface area contributed by atoms with Gasteiger partial charge in [0.05, 0.1) is 6.54 Å². The first kappa shape index (κ1) is 16.5. The van der Waals surface area contributed by atoms with Crippen molar-refractivity contribution in [2.24, 2.45) is 10.9 Å². The van der Waals surface area contributed by atoms with Crippen LogP contribution in [0.4, 0.5) is 13.2 Å². The number of nitrogens with two attached hydrogens (primary N) is 1. The summed E-state index contributed by atoms with van der Waals surface area (Å²) in [6.07, 6.45) is -2.97. The highest BCUT2D eigenvalue weighted by atomic mass is 19.4. The molecule has 23 heavy (non-hydrogen) atoms. The van der Waals surface area contributed by atoms with Crippen molar-refractivity contribution in [1.29, 1.82) is 0 Å². The minimum absolute atomic E-state index is 0.171. The van der Waals surface area contributed by atoms with Crippen LogP contribution in [0.25, 0.3) is 0 Å². The number of rotatable bonds is 5. The number of nitrogens with zero attached hydrogens (tertiary/aromatic N) is 3. The molecule has 0 saturated heterocycles. The van der Waals surface area contributed by atoms with Crippen molar-refractivity contribution in [1.82, 2.24) is 9.78 Å². The average Bonchev–Trinajstić information content (AvgIpc) is 2.49. The summed E-state index contributed by atoms with van der Waals surface area (Å²) in [6, 6.07) is 9.41. The lowest BCUT2D eigenvalue weighted by Gasteiger charge is -2.07. The lowest BCUT2D eigenvalue weighted by atomic mass is 10.1. The van der Waals surface area contributed by atoms with Gasteiger partial charge in [-0.2, -0.15) is 18.3 Å². The highest BCUT2D eigenvalue weighted by Crippen LogP contribution is 2.14. The predicted octanol–water partition coefficient (Wildman–Crippen LogP) is 1.49. The summed E-state index contributed by atoms with van der Waals surface area (Å²) in [5.41, 5.74) is 6.49. The standard InChI is InChI=1S/C14H13F3N4O2/c15-14(16,17)9-23-20-13(18)11-5-3-10(4-6-11)8-21-12(22)2-1-7-19-21/h1-7H,8-9H2,(H2,18,20). The second-order valence-corrected chi connectivity index (χ2v) is 4.58. The van der Waals surface area contributed by atoms with Crippen LogP contribution in [-0.2, 0) is 11.4 Å². The molecular formula is C14H13F3N4O2. The van der Waals surface area contributed by atoms with Crippen molar-refractivity contribution in [3.8, 4) is 0 Å². The lowest BCUT2D eigenvalue weighted by Crippen LogP contribution is -2.22. The SMILES string of the molecule is N/C(=N\OCC(F)(F)F)c1ccc(Cn2ncccc2=O)cc1. The minimum Gasteiger partial charge on any atom is -0.384 e. The first-order valence-corrected chi connectivity index (χ1v) is 6.49. The second kappa shape index (κ2) is 6.95. The van der Waals surface area contributed by atoms with Crippen LogP contribution < -0.4 is 11.3 Å². The normalized spacial score (nSPS) is 12.2. The van der Waals surface area contributed by atoms with Gasteiger partial charge in [-0.15, -0.1) is 0 Å². The van der Waals surface area contributed by atoms with Crippen LogP contribution in [0, 0.1) is 0 Å². The van der Waals surface area contributed by atoms with Crippen molar-refractivity contribution in [3.63, 3.8) is 0 Å². The third-order valence-electron chi connectivity index (χ3n) is 2.76. The molecule has 2 rings (SSSR count). The van der Waals surface area contributed by atoms with Gasteiger partial charge in [0.2, 0.25) is 6.61 Å². The third kappa shape index (κ3) is 5.13. The maximum Gasteiger partial charge on any atom is 0.425 e. The van der Waals surface area contributed by atoms with Crippen LogP contribution in [0.5, 0.6) is 0 Å². The smallest absolute Gasteiger partial charge is 0.384 e. The van der Waals surface area contributed by atoms with Crippen LogP contribution in [0.2, 0.25) is 0 Å². The lowest BCUT2D eigenvalue weighted by molar-refractivity contribution is -0.173. The molecule has 0 aliphatic carbocycles. The Kier molecular flexibility index (Phi) is 4.99. The van der Waals surface area contributed by atoms with E-state index in [1.807, 2.05) is 0 Å². The summed E-state index contributed by atoms with van der Waals surface area (Å²) in [7, 11) is 0. The van der Waals surface area contributed by atoms with Gasteiger partial charge in [0, 0.05) is 17.8 Å². The Morgan fingerprint density at radius 2 is 1.96 bits per heavy atom. The van der Waals surface area contributed by atoms with E-state index < -0.39 is 12.8 Å². The van der Waals surface area contributed by atoms with Gasteiger partial charge < -0.3 is 10.6 Å². The number of aromatic nitrogens is 2. The molecule has 1 aromatic carbocycles. The molecule has 2 aromatic rings. The Labute approximate surface area is 129 Å². The van der Waals surface area contributed by atoms with E-state index in [4.69, 9.17) is 5.73 Å². The molecular weight excluding hydrogens is 313 g/mol. The van der Waals surface area contributed by atoms with E-state index in [2.05, 4.69) is 15.1 Å². The zero-order chi connectivity index (χ0) is 16.9. The molecule has 1 heterocycles. The van der Waals surface area contributed by atoms with E-state index in [9.17, 15) is 18.0 Å². The fourth-order valence-electron chi connectivity index (χ4n) is 1.69. The molecule has 1 aromatic heterocycles. The van der Waals surface area contributed by atoms with Gasteiger partial charge in [-0.25, -0.2) is 4.68 Å². The van der Waals surface area contributed by atoms with Crippen molar-refractivity contribution in [3.05, 3.63) is 64.1 Å². The molecule has 0 bridgehead atoms. The van der Waals surface area contributed by atoms with E-state index in [-0.39, 0.29) is 17.9 Å². The number of benzene rings is 1. The van der Waals surface area contributed by atoms with Gasteiger partial charge >= 0.3 is 6.18 Å². The highest BCUT2D eigenvalue weighted by molar-refractivity contribution is 5.97. The fraction of sp³-hybridized carbons (Fsp3) is 0.214. The largest absolute Gasteiger partial charge is 0.425 e. The number of amidine groups is 1. The van der Waals surface area contributed by atoms with Crippen molar-refractivity contribution in [2.45, 2.75) is 12.7 Å². The Hall–Kier alpha value is -2.84. The minimum atomic E-state index is -4.47. The molecule has 0 saturated carbocycles. The zero-order valence-electron chi connectivity index (χ0n) is 11.8. The Balaban J connectivity index is 2.03. The van der Waals surface area contributed by atoms with Gasteiger partial charge in [-0.3, -0.25) is 4.79 Å². The quantitative estimate of drug-likeness (QED) is 0.513. The van der Waals surface area contributed by atoms with Crippen LogP contribution in [-0.4, -0.2) is 28.4 Å². The van der Waals surface area contributed by atoms with E-state index in [1.165, 1.54) is 16.9 Å². The van der Waals surface area contributed by atoms with Crippen LogP contribution in [0.3, 0.4) is 0 Å². The van der Waals surface area contributed by atoms with E-state index >= 15 is 0 Å². The van der Waals surface area contributed by atoms with Crippen LogP contribution in [0.15, 0.2) is 52.5 Å². The summed E-state index contributed by atoms with van der Waals surface area (Å²) < 4.78 is 37.1. The van der Waals surface area contributed by atoms with E-state index in [0.717, 1.165) is 5.56 Å². The molecule has 0 atom stereocenters. The summed E-state index contributed by atoms with van der Waals surface area (Å²) >= 11 is 0. The summed E-state index contributed by atoms with van der Waals surface area (Å²) in [5.74, 6) is -0.171. The molecule has 0 unspecified atom stereocenters. The molecule has 2 N–H and O–H groups in total. The van der Waals surface area contributed by atoms with Crippen LogP contribution in [0.1, 0.15) is 11.1 Å². The van der Waals surface area contributed by atoms with Crippen molar-refractivity contribution < 1.29 is 18.0 Å². The fourth-order valence-corrected chi connectivity index (χ4v) is 1.69. The molecule has 0 amide bonds. The number of alkyl halides is 3. The molecule has 122 valence electrons. The van der Waals surface area contributed by atoms with Gasteiger partial charge in [0.15, 0.2) is 5.84 Å². The molecule has 6 nitrogen and oxygen atoms in total. The molecule has 0 spiro atoms. The predicted molar refractivity (Wildman–Crippen MR) is 76.8 cm³/mol. The maximum atomic E-state index is 11.9. The number of hydrogen-bond acceptors (Lipinski definition) is 4. The van der Waals surface area contributed by atoms with Gasteiger partial charge in [0.25, 0.3) is 5.56 Å². The average molecular weight is 326 g/mol.